The Balaban J connectivity index is 1.72. The van der Waals surface area contributed by atoms with Gasteiger partial charge >= 0.3 is 0 Å². The summed E-state index contributed by atoms with van der Waals surface area (Å²) < 4.78 is 37.2. The first-order chi connectivity index (χ1) is 12.8. The average Bonchev–Trinajstić information content (AvgIpc) is 2.60. The fraction of sp³-hybridized carbons (Fsp3) is 0.611. The van der Waals surface area contributed by atoms with E-state index in [0.29, 0.717) is 19.7 Å². The Morgan fingerprint density at radius 2 is 1.89 bits per heavy atom. The maximum absolute atomic E-state index is 12.4. The number of morpholine rings is 1. The second-order valence-electron chi connectivity index (χ2n) is 6.43. The van der Waals surface area contributed by atoms with Crippen molar-refractivity contribution in [2.24, 2.45) is 0 Å². The molecule has 2 atom stereocenters. The fourth-order valence-corrected chi connectivity index (χ4v) is 5.03. The molecule has 27 heavy (non-hydrogen) atoms. The van der Waals surface area contributed by atoms with E-state index in [1.165, 1.54) is 16.1 Å². The summed E-state index contributed by atoms with van der Waals surface area (Å²) in [5.41, 5.74) is 0. The van der Waals surface area contributed by atoms with Crippen molar-refractivity contribution in [2.75, 3.05) is 37.7 Å². The summed E-state index contributed by atoms with van der Waals surface area (Å²) >= 11 is 1.40. The van der Waals surface area contributed by atoms with E-state index >= 15 is 0 Å². The second kappa shape index (κ2) is 10.3. The van der Waals surface area contributed by atoms with E-state index in [1.807, 2.05) is 45.0 Å². The first-order valence-electron chi connectivity index (χ1n) is 9.05. The molecule has 0 aliphatic carbocycles. The zero-order chi connectivity index (χ0) is 19.9. The van der Waals surface area contributed by atoms with Crippen LogP contribution < -0.4 is 10.1 Å². The quantitative estimate of drug-likeness (QED) is 0.617. The first-order valence-corrected chi connectivity index (χ1v) is 11.6. The summed E-state index contributed by atoms with van der Waals surface area (Å²) in [6.07, 6.45) is -0.243. The molecule has 7 nitrogen and oxygen atoms in total. The van der Waals surface area contributed by atoms with Crippen LogP contribution in [0.15, 0.2) is 29.2 Å². The van der Waals surface area contributed by atoms with Gasteiger partial charge in [0.25, 0.3) is 0 Å². The fourth-order valence-electron chi connectivity index (χ4n) is 2.81. The van der Waals surface area contributed by atoms with Crippen LogP contribution in [0.5, 0.6) is 5.75 Å². The van der Waals surface area contributed by atoms with Gasteiger partial charge in [-0.05, 0) is 45.0 Å². The highest BCUT2D eigenvalue weighted by Gasteiger charge is 2.30. The van der Waals surface area contributed by atoms with Crippen molar-refractivity contribution < 1.29 is 22.7 Å². The average molecular weight is 417 g/mol. The van der Waals surface area contributed by atoms with Crippen molar-refractivity contribution in [2.45, 2.75) is 37.9 Å². The van der Waals surface area contributed by atoms with Gasteiger partial charge in [-0.1, -0.05) is 0 Å². The third-order valence-electron chi connectivity index (χ3n) is 3.97. The Bertz CT molecular complexity index is 699. The topological polar surface area (TPSA) is 84.9 Å². The Morgan fingerprint density at radius 3 is 2.48 bits per heavy atom. The zero-order valence-electron chi connectivity index (χ0n) is 16.0. The summed E-state index contributed by atoms with van der Waals surface area (Å²) in [5.74, 6) is 0.738. The van der Waals surface area contributed by atoms with Crippen LogP contribution in [0.25, 0.3) is 0 Å². The smallest absolute Gasteiger partial charge is 0.230 e. The van der Waals surface area contributed by atoms with Gasteiger partial charge in [0, 0.05) is 24.5 Å². The largest absolute Gasteiger partial charge is 0.494 e. The van der Waals surface area contributed by atoms with Gasteiger partial charge in [0.05, 0.1) is 30.3 Å². The minimum absolute atomic E-state index is 0.102. The van der Waals surface area contributed by atoms with Crippen molar-refractivity contribution in [3.8, 4) is 5.75 Å². The lowest BCUT2D eigenvalue weighted by Crippen LogP contribution is -2.49. The Kier molecular flexibility index (Phi) is 8.40. The van der Waals surface area contributed by atoms with Gasteiger partial charge in [-0.2, -0.15) is 4.31 Å². The zero-order valence-corrected chi connectivity index (χ0v) is 17.6. The van der Waals surface area contributed by atoms with Crippen LogP contribution in [-0.4, -0.2) is 68.6 Å². The molecule has 1 heterocycles. The first kappa shape index (κ1) is 22.0. The molecule has 0 radical (unpaired) electrons. The predicted octanol–water partition coefficient (Wildman–Crippen LogP) is 1.73. The van der Waals surface area contributed by atoms with Crippen molar-refractivity contribution in [1.29, 1.82) is 0 Å². The van der Waals surface area contributed by atoms with Crippen LogP contribution in [0.4, 0.5) is 0 Å². The van der Waals surface area contributed by atoms with E-state index in [2.05, 4.69) is 5.32 Å². The summed E-state index contributed by atoms with van der Waals surface area (Å²) in [6, 6.07) is 7.52. The van der Waals surface area contributed by atoms with Gasteiger partial charge < -0.3 is 14.8 Å². The highest BCUT2D eigenvalue weighted by molar-refractivity contribution is 8.00. The summed E-state index contributed by atoms with van der Waals surface area (Å²) in [4.78, 5) is 12.9. The molecular weight excluding hydrogens is 388 g/mol. The van der Waals surface area contributed by atoms with Crippen molar-refractivity contribution in [3.05, 3.63) is 24.3 Å². The Morgan fingerprint density at radius 1 is 1.26 bits per heavy atom. The number of carbonyl (C=O) groups excluding carboxylic acids is 1. The predicted molar refractivity (Wildman–Crippen MR) is 107 cm³/mol. The molecule has 0 spiro atoms. The van der Waals surface area contributed by atoms with Gasteiger partial charge in [-0.3, -0.25) is 4.79 Å². The Hall–Kier alpha value is -1.29. The molecule has 1 saturated heterocycles. The molecule has 2 unspecified atom stereocenters. The number of nitrogens with zero attached hydrogens (tertiary/aromatic N) is 1. The van der Waals surface area contributed by atoms with Crippen molar-refractivity contribution >= 4 is 27.7 Å². The number of sulfonamides is 1. The van der Waals surface area contributed by atoms with Gasteiger partial charge in [0.2, 0.25) is 15.9 Å². The molecule has 0 saturated carbocycles. The van der Waals surface area contributed by atoms with E-state index in [0.717, 1.165) is 10.6 Å². The number of hydrogen-bond acceptors (Lipinski definition) is 6. The molecule has 152 valence electrons. The molecule has 1 amide bonds. The van der Waals surface area contributed by atoms with Crippen LogP contribution >= 0.6 is 11.8 Å². The molecule has 0 bridgehead atoms. The van der Waals surface area contributed by atoms with Crippen LogP contribution in [0, 0.1) is 0 Å². The summed E-state index contributed by atoms with van der Waals surface area (Å²) in [7, 11) is -3.40. The minimum atomic E-state index is -3.40. The van der Waals surface area contributed by atoms with Crippen LogP contribution in [-0.2, 0) is 19.6 Å². The lowest BCUT2D eigenvalue weighted by atomic mass is 10.3. The van der Waals surface area contributed by atoms with Crippen LogP contribution in [0.1, 0.15) is 20.8 Å². The highest BCUT2D eigenvalue weighted by atomic mass is 32.2. The van der Waals surface area contributed by atoms with E-state index in [-0.39, 0.29) is 36.2 Å². The molecular formula is C18H28N2O5S2. The molecule has 1 N–H and O–H groups in total. The maximum atomic E-state index is 12.4. The van der Waals surface area contributed by atoms with Gasteiger partial charge in [0.1, 0.15) is 5.75 Å². The number of nitrogens with one attached hydrogen (secondary N) is 1. The molecule has 1 aromatic carbocycles. The SMILES string of the molecule is CCOc1ccc(SCC(=O)NCCS(=O)(=O)N2CC(C)OC(C)C2)cc1. The molecule has 9 heteroatoms. The molecule has 1 aliphatic heterocycles. The van der Waals surface area contributed by atoms with Crippen LogP contribution in [0.3, 0.4) is 0 Å². The number of carbonyl (C=O) groups is 1. The lowest BCUT2D eigenvalue weighted by molar-refractivity contribution is -0.118. The van der Waals surface area contributed by atoms with Gasteiger partial charge in [0.15, 0.2) is 0 Å². The number of amides is 1. The normalized spacial score (nSPS) is 21.0. The molecule has 1 aromatic rings. The number of hydrogen-bond donors (Lipinski definition) is 1. The number of thioether (sulfide) groups is 1. The standard InChI is InChI=1S/C18H28N2O5S2/c1-4-24-16-5-7-17(8-6-16)26-13-18(21)19-9-10-27(22,23)20-11-14(2)25-15(3)12-20/h5-8,14-15H,4,9-13H2,1-3H3,(H,19,21). The molecule has 2 rings (SSSR count). The number of ether oxygens (including phenoxy) is 2. The van der Waals surface area contributed by atoms with E-state index in [1.54, 1.807) is 0 Å². The monoisotopic (exact) mass is 416 g/mol. The highest BCUT2D eigenvalue weighted by Crippen LogP contribution is 2.21. The van der Waals surface area contributed by atoms with Gasteiger partial charge in [-0.15, -0.1) is 11.8 Å². The minimum Gasteiger partial charge on any atom is -0.494 e. The molecule has 0 aromatic heterocycles. The van der Waals surface area contributed by atoms with E-state index in [4.69, 9.17) is 9.47 Å². The van der Waals surface area contributed by atoms with E-state index < -0.39 is 10.0 Å². The second-order valence-corrected chi connectivity index (χ2v) is 9.57. The summed E-state index contributed by atoms with van der Waals surface area (Å²) in [5, 5.41) is 2.68. The lowest BCUT2D eigenvalue weighted by Gasteiger charge is -2.34. The van der Waals surface area contributed by atoms with Gasteiger partial charge in [-0.25, -0.2) is 8.42 Å². The molecule has 1 aliphatic rings. The number of benzene rings is 1. The molecule has 1 fully saturated rings. The van der Waals surface area contributed by atoms with E-state index in [9.17, 15) is 13.2 Å². The van der Waals surface area contributed by atoms with Crippen molar-refractivity contribution in [1.82, 2.24) is 9.62 Å². The number of rotatable bonds is 9. The Labute approximate surface area is 165 Å². The summed E-state index contributed by atoms with van der Waals surface area (Å²) in [6.45, 7) is 7.07. The third-order valence-corrected chi connectivity index (χ3v) is 6.78. The van der Waals surface area contributed by atoms with Crippen molar-refractivity contribution in [3.63, 3.8) is 0 Å². The third kappa shape index (κ3) is 7.33. The maximum Gasteiger partial charge on any atom is 0.230 e. The van der Waals surface area contributed by atoms with Crippen LogP contribution in [0.2, 0.25) is 0 Å².